The van der Waals surface area contributed by atoms with Crippen LogP contribution in [0.4, 0.5) is 22.7 Å². The van der Waals surface area contributed by atoms with Gasteiger partial charge in [0.2, 0.25) is 0 Å². The molecule has 0 bridgehead atoms. The van der Waals surface area contributed by atoms with Crippen molar-refractivity contribution in [2.24, 2.45) is 0 Å². The number of nitrogens with one attached hydrogen (secondary N) is 2. The Morgan fingerprint density at radius 3 is 2.00 bits per heavy atom. The van der Waals surface area contributed by atoms with Gasteiger partial charge in [-0.1, -0.05) is 18.2 Å². The molecule has 116 valence electrons. The van der Waals surface area contributed by atoms with E-state index in [4.69, 9.17) is 4.74 Å². The van der Waals surface area contributed by atoms with Crippen LogP contribution in [-0.2, 0) is 0 Å². The van der Waals surface area contributed by atoms with Crippen molar-refractivity contribution in [2.45, 2.75) is 6.92 Å². The first kappa shape index (κ1) is 15.0. The van der Waals surface area contributed by atoms with Crippen molar-refractivity contribution in [2.75, 3.05) is 17.7 Å². The quantitative estimate of drug-likeness (QED) is 0.654. The second-order valence-electron chi connectivity index (χ2n) is 5.37. The average molecular weight is 304 g/mol. The topological polar surface area (TPSA) is 33.3 Å². The van der Waals surface area contributed by atoms with Crippen molar-refractivity contribution < 1.29 is 4.74 Å². The molecule has 3 rings (SSSR count). The normalized spacial score (nSPS) is 10.2. The third-order valence-electron chi connectivity index (χ3n) is 3.66. The molecule has 0 saturated carbocycles. The van der Waals surface area contributed by atoms with E-state index in [1.54, 1.807) is 7.11 Å². The Morgan fingerprint density at radius 1 is 0.696 bits per heavy atom. The molecule has 2 N–H and O–H groups in total. The van der Waals surface area contributed by atoms with E-state index in [1.807, 2.05) is 42.5 Å². The molecule has 0 aromatic heterocycles. The molecule has 0 saturated heterocycles. The number of ether oxygens (including phenoxy) is 1. The standard InChI is InChI=1S/C20H20N2O/c1-15-14-18(21-16-6-4-3-5-7-16)10-13-20(15)22-17-8-11-19(23-2)12-9-17/h3-14,21-22H,1-2H3. The molecule has 0 aliphatic heterocycles. The number of anilines is 4. The third kappa shape index (κ3) is 3.83. The Bertz CT molecular complexity index is 767. The smallest absolute Gasteiger partial charge is 0.119 e. The number of aryl methyl sites for hydroxylation is 1. The van der Waals surface area contributed by atoms with Crippen molar-refractivity contribution in [1.82, 2.24) is 0 Å². The van der Waals surface area contributed by atoms with Gasteiger partial charge < -0.3 is 15.4 Å². The molecule has 0 heterocycles. The molecule has 3 nitrogen and oxygen atoms in total. The average Bonchev–Trinajstić information content (AvgIpc) is 2.59. The zero-order valence-corrected chi connectivity index (χ0v) is 13.3. The first-order valence-corrected chi connectivity index (χ1v) is 7.58. The molecule has 0 unspecified atom stereocenters. The highest BCUT2D eigenvalue weighted by atomic mass is 16.5. The predicted molar refractivity (Wildman–Crippen MR) is 97.2 cm³/mol. The second kappa shape index (κ2) is 6.88. The van der Waals surface area contributed by atoms with Crippen molar-refractivity contribution >= 4 is 22.7 Å². The molecule has 0 spiro atoms. The van der Waals surface area contributed by atoms with E-state index in [1.165, 1.54) is 5.56 Å². The number of para-hydroxylation sites is 1. The van der Waals surface area contributed by atoms with Crippen LogP contribution in [-0.4, -0.2) is 7.11 Å². The summed E-state index contributed by atoms with van der Waals surface area (Å²) >= 11 is 0. The summed E-state index contributed by atoms with van der Waals surface area (Å²) in [4.78, 5) is 0. The van der Waals surface area contributed by atoms with E-state index in [-0.39, 0.29) is 0 Å². The zero-order valence-electron chi connectivity index (χ0n) is 13.3. The highest BCUT2D eigenvalue weighted by molar-refractivity contribution is 5.69. The predicted octanol–water partition coefficient (Wildman–Crippen LogP) is 5.49. The van der Waals surface area contributed by atoms with Crippen LogP contribution in [0.15, 0.2) is 72.8 Å². The van der Waals surface area contributed by atoms with E-state index >= 15 is 0 Å². The van der Waals surface area contributed by atoms with Crippen molar-refractivity contribution in [3.05, 3.63) is 78.4 Å². The minimum absolute atomic E-state index is 0.856. The van der Waals surface area contributed by atoms with E-state index in [2.05, 4.69) is 47.9 Å². The Labute approximate surface area is 136 Å². The van der Waals surface area contributed by atoms with Gasteiger partial charge in [-0.3, -0.25) is 0 Å². The van der Waals surface area contributed by atoms with Crippen molar-refractivity contribution in [1.29, 1.82) is 0 Å². The lowest BCUT2D eigenvalue weighted by Crippen LogP contribution is -1.95. The molecular weight excluding hydrogens is 284 g/mol. The van der Waals surface area contributed by atoms with E-state index in [0.717, 1.165) is 28.5 Å². The maximum Gasteiger partial charge on any atom is 0.119 e. The van der Waals surface area contributed by atoms with Gasteiger partial charge in [0.1, 0.15) is 5.75 Å². The molecule has 3 aromatic carbocycles. The van der Waals surface area contributed by atoms with Crippen LogP contribution in [0.5, 0.6) is 5.75 Å². The first-order valence-electron chi connectivity index (χ1n) is 7.58. The maximum atomic E-state index is 5.18. The molecule has 0 atom stereocenters. The van der Waals surface area contributed by atoms with Crippen LogP contribution < -0.4 is 15.4 Å². The summed E-state index contributed by atoms with van der Waals surface area (Å²) in [5, 5.41) is 6.84. The molecule has 3 heteroatoms. The van der Waals surface area contributed by atoms with Gasteiger partial charge in [0.05, 0.1) is 7.11 Å². The number of rotatable bonds is 5. The lowest BCUT2D eigenvalue weighted by atomic mass is 10.1. The Kier molecular flexibility index (Phi) is 4.48. The van der Waals surface area contributed by atoms with Gasteiger partial charge in [-0.2, -0.15) is 0 Å². The van der Waals surface area contributed by atoms with Gasteiger partial charge in [-0.05, 0) is 67.1 Å². The van der Waals surface area contributed by atoms with Crippen molar-refractivity contribution in [3.63, 3.8) is 0 Å². The van der Waals surface area contributed by atoms with Gasteiger partial charge in [0.15, 0.2) is 0 Å². The van der Waals surface area contributed by atoms with Crippen LogP contribution in [0.1, 0.15) is 5.56 Å². The van der Waals surface area contributed by atoms with Crippen molar-refractivity contribution in [3.8, 4) is 5.75 Å². The molecule has 0 amide bonds. The molecule has 3 aromatic rings. The molecule has 0 aliphatic carbocycles. The lowest BCUT2D eigenvalue weighted by molar-refractivity contribution is 0.415. The lowest BCUT2D eigenvalue weighted by Gasteiger charge is -2.13. The summed E-state index contributed by atoms with van der Waals surface area (Å²) < 4.78 is 5.18. The fraction of sp³-hybridized carbons (Fsp3) is 0.100. The van der Waals surface area contributed by atoms with Crippen LogP contribution >= 0.6 is 0 Å². The second-order valence-corrected chi connectivity index (χ2v) is 5.37. The monoisotopic (exact) mass is 304 g/mol. The number of hydrogen-bond donors (Lipinski definition) is 2. The molecule has 0 aliphatic rings. The zero-order chi connectivity index (χ0) is 16.1. The Morgan fingerprint density at radius 2 is 1.35 bits per heavy atom. The highest BCUT2D eigenvalue weighted by Gasteiger charge is 2.02. The van der Waals surface area contributed by atoms with E-state index in [9.17, 15) is 0 Å². The summed E-state index contributed by atoms with van der Waals surface area (Å²) in [6.45, 7) is 2.10. The molecule has 0 fully saturated rings. The minimum Gasteiger partial charge on any atom is -0.497 e. The number of benzene rings is 3. The van der Waals surface area contributed by atoms with Gasteiger partial charge in [-0.15, -0.1) is 0 Å². The number of methoxy groups -OCH3 is 1. The van der Waals surface area contributed by atoms with Crippen LogP contribution in [0.3, 0.4) is 0 Å². The summed E-state index contributed by atoms with van der Waals surface area (Å²) in [6, 6.07) is 24.4. The Balaban J connectivity index is 1.73. The fourth-order valence-corrected chi connectivity index (χ4v) is 2.40. The van der Waals surface area contributed by atoms with Gasteiger partial charge in [-0.25, -0.2) is 0 Å². The van der Waals surface area contributed by atoms with Crippen LogP contribution in [0, 0.1) is 6.92 Å². The minimum atomic E-state index is 0.856. The van der Waals surface area contributed by atoms with Gasteiger partial charge in [0, 0.05) is 22.7 Å². The van der Waals surface area contributed by atoms with Crippen LogP contribution in [0.25, 0.3) is 0 Å². The molecule has 0 radical (unpaired) electrons. The number of hydrogen-bond acceptors (Lipinski definition) is 3. The first-order chi connectivity index (χ1) is 11.2. The summed E-state index contributed by atoms with van der Waals surface area (Å²) in [5.74, 6) is 0.856. The third-order valence-corrected chi connectivity index (χ3v) is 3.66. The summed E-state index contributed by atoms with van der Waals surface area (Å²) in [5.41, 5.74) is 5.48. The fourth-order valence-electron chi connectivity index (χ4n) is 2.40. The maximum absolute atomic E-state index is 5.18. The summed E-state index contributed by atoms with van der Waals surface area (Å²) in [7, 11) is 1.67. The van der Waals surface area contributed by atoms with Gasteiger partial charge in [0.25, 0.3) is 0 Å². The van der Waals surface area contributed by atoms with E-state index in [0.29, 0.717) is 0 Å². The van der Waals surface area contributed by atoms with E-state index < -0.39 is 0 Å². The van der Waals surface area contributed by atoms with Gasteiger partial charge >= 0.3 is 0 Å². The highest BCUT2D eigenvalue weighted by Crippen LogP contribution is 2.26. The molecule has 23 heavy (non-hydrogen) atoms. The summed E-state index contributed by atoms with van der Waals surface area (Å²) in [6.07, 6.45) is 0. The van der Waals surface area contributed by atoms with Crippen LogP contribution in [0.2, 0.25) is 0 Å². The molecular formula is C20H20N2O. The largest absolute Gasteiger partial charge is 0.497 e. The Hall–Kier alpha value is -2.94. The SMILES string of the molecule is COc1ccc(Nc2ccc(Nc3ccccc3)cc2C)cc1.